The molecule has 0 atom stereocenters. The number of nitrogens with zero attached hydrogens (tertiary/aromatic N) is 1. The van der Waals surface area contributed by atoms with Gasteiger partial charge in [0.15, 0.2) is 11.5 Å². The molecule has 0 amide bonds. The van der Waals surface area contributed by atoms with E-state index in [0.717, 1.165) is 4.47 Å². The molecule has 0 aliphatic heterocycles. The Hall–Kier alpha value is -1.01. The Morgan fingerprint density at radius 3 is 2.67 bits per heavy atom. The minimum absolute atomic E-state index is 0.374. The van der Waals surface area contributed by atoms with Crippen LogP contribution in [-0.4, -0.2) is 24.6 Å². The van der Waals surface area contributed by atoms with Crippen molar-refractivity contribution >= 4 is 38.1 Å². The molecule has 1 N–H and O–H groups in total. The number of ether oxygens (including phenoxy) is 2. The van der Waals surface area contributed by atoms with Crippen LogP contribution in [0.15, 0.2) is 32.8 Å². The molecule has 0 saturated heterocycles. The number of oxime groups is 1. The van der Waals surface area contributed by atoms with Crippen molar-refractivity contribution in [2.75, 3.05) is 13.2 Å². The first-order valence-corrected chi connectivity index (χ1v) is 6.80. The molecule has 0 aromatic heterocycles. The third kappa shape index (κ3) is 3.49. The van der Waals surface area contributed by atoms with Crippen LogP contribution in [0.4, 0.5) is 0 Å². The first kappa shape index (κ1) is 15.0. The van der Waals surface area contributed by atoms with Crippen molar-refractivity contribution in [3.05, 3.63) is 33.2 Å². The molecule has 1 rings (SSSR count). The average molecular weight is 379 g/mol. The number of hydrogen-bond donors (Lipinski definition) is 1. The summed E-state index contributed by atoms with van der Waals surface area (Å²) in [6.07, 6.45) is 2.97. The lowest BCUT2D eigenvalue weighted by Crippen LogP contribution is -2.01. The lowest BCUT2D eigenvalue weighted by atomic mass is 10.2. The summed E-state index contributed by atoms with van der Waals surface area (Å²) in [7, 11) is 0. The van der Waals surface area contributed by atoms with Crippen molar-refractivity contribution in [2.24, 2.45) is 5.16 Å². The van der Waals surface area contributed by atoms with Crippen molar-refractivity contribution in [3.63, 3.8) is 0 Å². The van der Waals surface area contributed by atoms with Crippen LogP contribution in [0, 0.1) is 0 Å². The quantitative estimate of drug-likeness (QED) is 0.352. The molecule has 0 aliphatic carbocycles. The van der Waals surface area contributed by atoms with E-state index in [1.54, 1.807) is 12.1 Å². The monoisotopic (exact) mass is 377 g/mol. The van der Waals surface area contributed by atoms with E-state index >= 15 is 0 Å². The molecule has 6 heteroatoms. The second kappa shape index (κ2) is 7.43. The van der Waals surface area contributed by atoms with Crippen LogP contribution < -0.4 is 9.47 Å². The Kier molecular flexibility index (Phi) is 6.21. The van der Waals surface area contributed by atoms with E-state index in [4.69, 9.17) is 14.7 Å². The van der Waals surface area contributed by atoms with Crippen molar-refractivity contribution in [1.29, 1.82) is 0 Å². The Balaban J connectivity index is 3.29. The highest BCUT2D eigenvalue weighted by molar-refractivity contribution is 9.13. The summed E-state index contributed by atoms with van der Waals surface area (Å²) < 4.78 is 12.5. The number of rotatable bonds is 6. The van der Waals surface area contributed by atoms with Crippen molar-refractivity contribution in [2.45, 2.75) is 6.92 Å². The van der Waals surface area contributed by atoms with Gasteiger partial charge in [0.1, 0.15) is 6.61 Å². The van der Waals surface area contributed by atoms with Crippen molar-refractivity contribution < 1.29 is 14.7 Å². The van der Waals surface area contributed by atoms with Gasteiger partial charge in [0, 0.05) is 10.0 Å². The normalized spacial score (nSPS) is 10.6. The smallest absolute Gasteiger partial charge is 0.176 e. The molecule has 98 valence electrons. The minimum Gasteiger partial charge on any atom is -0.490 e. The third-order valence-electron chi connectivity index (χ3n) is 2.00. The van der Waals surface area contributed by atoms with Gasteiger partial charge in [-0.15, -0.1) is 0 Å². The van der Waals surface area contributed by atoms with E-state index in [-0.39, 0.29) is 0 Å². The number of hydrogen-bond acceptors (Lipinski definition) is 4. The van der Waals surface area contributed by atoms with Gasteiger partial charge >= 0.3 is 0 Å². The second-order valence-electron chi connectivity index (χ2n) is 3.20. The van der Waals surface area contributed by atoms with Gasteiger partial charge in [0.05, 0.1) is 17.3 Å². The predicted molar refractivity (Wildman–Crippen MR) is 78.1 cm³/mol. The van der Waals surface area contributed by atoms with E-state index < -0.39 is 0 Å². The fraction of sp³-hybridized carbons (Fsp3) is 0.250. The standard InChI is InChI=1S/C12H13Br2NO3/c1-3-5-18-12-9(17-4-2)6-8(7-15-16)10(13)11(12)14/h3,6-7,16H,1,4-5H2,2H3/b15-7-. The van der Waals surface area contributed by atoms with Crippen LogP contribution in [-0.2, 0) is 0 Å². The topological polar surface area (TPSA) is 51.0 Å². The molecule has 1 aromatic rings. The fourth-order valence-corrected chi connectivity index (χ4v) is 2.24. The highest BCUT2D eigenvalue weighted by atomic mass is 79.9. The van der Waals surface area contributed by atoms with Crippen LogP contribution in [0.1, 0.15) is 12.5 Å². The lowest BCUT2D eigenvalue weighted by Gasteiger charge is -2.15. The third-order valence-corrected chi connectivity index (χ3v) is 4.14. The molecular weight excluding hydrogens is 366 g/mol. The molecule has 0 heterocycles. The number of halogens is 2. The highest BCUT2D eigenvalue weighted by Gasteiger charge is 2.16. The van der Waals surface area contributed by atoms with Gasteiger partial charge in [0.25, 0.3) is 0 Å². The zero-order valence-corrected chi connectivity index (χ0v) is 13.0. The first-order chi connectivity index (χ1) is 8.65. The fourth-order valence-electron chi connectivity index (χ4n) is 1.30. The minimum atomic E-state index is 0.374. The van der Waals surface area contributed by atoms with E-state index in [0.29, 0.717) is 34.7 Å². The maximum Gasteiger partial charge on any atom is 0.176 e. The van der Waals surface area contributed by atoms with E-state index in [2.05, 4.69) is 43.6 Å². The van der Waals surface area contributed by atoms with Gasteiger partial charge in [-0.25, -0.2) is 0 Å². The summed E-state index contributed by atoms with van der Waals surface area (Å²) in [5, 5.41) is 11.6. The number of benzene rings is 1. The van der Waals surface area contributed by atoms with Gasteiger partial charge in [-0.1, -0.05) is 17.8 Å². The second-order valence-corrected chi connectivity index (χ2v) is 4.78. The molecule has 0 radical (unpaired) electrons. The summed E-state index contributed by atoms with van der Waals surface area (Å²) in [5.41, 5.74) is 0.679. The van der Waals surface area contributed by atoms with E-state index in [9.17, 15) is 0 Å². The summed E-state index contributed by atoms with van der Waals surface area (Å²) in [6, 6.07) is 1.73. The Labute approximate surface area is 123 Å². The summed E-state index contributed by atoms with van der Waals surface area (Å²) in [6.45, 7) is 6.37. The summed E-state index contributed by atoms with van der Waals surface area (Å²) >= 11 is 6.82. The van der Waals surface area contributed by atoms with Crippen LogP contribution in [0.25, 0.3) is 0 Å². The Morgan fingerprint density at radius 1 is 1.39 bits per heavy atom. The Morgan fingerprint density at radius 2 is 2.11 bits per heavy atom. The summed E-state index contributed by atoms with van der Waals surface area (Å²) in [4.78, 5) is 0. The van der Waals surface area contributed by atoms with Gasteiger partial charge in [-0.2, -0.15) is 0 Å². The highest BCUT2D eigenvalue weighted by Crippen LogP contribution is 2.42. The maximum atomic E-state index is 8.61. The maximum absolute atomic E-state index is 8.61. The van der Waals surface area contributed by atoms with Crippen LogP contribution in [0.5, 0.6) is 11.5 Å². The first-order valence-electron chi connectivity index (χ1n) is 5.21. The van der Waals surface area contributed by atoms with Gasteiger partial charge < -0.3 is 14.7 Å². The molecule has 0 aliphatic rings. The molecule has 0 fully saturated rings. The molecule has 4 nitrogen and oxygen atoms in total. The summed E-state index contributed by atoms with van der Waals surface area (Å²) in [5.74, 6) is 1.16. The zero-order chi connectivity index (χ0) is 13.5. The van der Waals surface area contributed by atoms with E-state index in [1.165, 1.54) is 6.21 Å². The lowest BCUT2D eigenvalue weighted by molar-refractivity contribution is 0.295. The molecule has 0 unspecified atom stereocenters. The SMILES string of the molecule is C=CCOc1c(OCC)cc(/C=N\O)c(Br)c1Br. The van der Waals surface area contributed by atoms with E-state index in [1.807, 2.05) is 6.92 Å². The van der Waals surface area contributed by atoms with Crippen molar-refractivity contribution in [3.8, 4) is 11.5 Å². The average Bonchev–Trinajstić information content (AvgIpc) is 2.36. The molecule has 0 bridgehead atoms. The molecule has 0 spiro atoms. The van der Waals surface area contributed by atoms with Gasteiger partial charge in [0.2, 0.25) is 0 Å². The molecule has 18 heavy (non-hydrogen) atoms. The molecular formula is C12H13Br2NO3. The van der Waals surface area contributed by atoms with Gasteiger partial charge in [-0.3, -0.25) is 0 Å². The van der Waals surface area contributed by atoms with Gasteiger partial charge in [-0.05, 0) is 44.8 Å². The van der Waals surface area contributed by atoms with Crippen LogP contribution >= 0.6 is 31.9 Å². The predicted octanol–water partition coefficient (Wildman–Crippen LogP) is 3.98. The molecule has 0 saturated carbocycles. The zero-order valence-electron chi connectivity index (χ0n) is 9.82. The van der Waals surface area contributed by atoms with Crippen LogP contribution in [0.2, 0.25) is 0 Å². The van der Waals surface area contributed by atoms with Crippen molar-refractivity contribution in [1.82, 2.24) is 0 Å². The Bertz CT molecular complexity index is 461. The largest absolute Gasteiger partial charge is 0.490 e. The molecule has 1 aromatic carbocycles. The van der Waals surface area contributed by atoms with Crippen LogP contribution in [0.3, 0.4) is 0 Å².